The third-order valence-corrected chi connectivity index (χ3v) is 4.49. The van der Waals surface area contributed by atoms with E-state index in [9.17, 15) is 13.2 Å². The molecule has 0 atom stereocenters. The molecule has 6 nitrogen and oxygen atoms in total. The average Bonchev–Trinajstić information content (AvgIpc) is 2.37. The second-order valence-electron chi connectivity index (χ2n) is 4.17. The molecule has 0 aliphatic heterocycles. The van der Waals surface area contributed by atoms with Crippen molar-refractivity contribution in [3.05, 3.63) is 29.8 Å². The van der Waals surface area contributed by atoms with E-state index in [0.29, 0.717) is 6.54 Å². The van der Waals surface area contributed by atoms with Crippen LogP contribution in [-0.4, -0.2) is 38.8 Å². The highest BCUT2D eigenvalue weighted by Gasteiger charge is 2.19. The number of rotatable bonds is 6. The van der Waals surface area contributed by atoms with E-state index in [-0.39, 0.29) is 23.9 Å². The molecule has 1 rings (SSSR count). The highest BCUT2D eigenvalue weighted by molar-refractivity contribution is 7.89. The number of carbonyl (C=O) groups is 1. The van der Waals surface area contributed by atoms with E-state index in [1.165, 1.54) is 30.4 Å². The van der Waals surface area contributed by atoms with E-state index in [1.807, 2.05) is 0 Å². The average molecular weight is 285 g/mol. The Kier molecular flexibility index (Phi) is 5.46. The molecule has 1 amide bonds. The standard InChI is InChI=1S/C12H19N3O3S/c1-10(16)14-9-11-3-5-12(6-4-11)19(17,18)15(2)8-7-13/h3-6H,7-9,13H2,1-2H3,(H,14,16). The van der Waals surface area contributed by atoms with Crippen LogP contribution in [-0.2, 0) is 21.4 Å². The first-order valence-electron chi connectivity index (χ1n) is 5.87. The van der Waals surface area contributed by atoms with Gasteiger partial charge in [-0.2, -0.15) is 4.31 Å². The Morgan fingerprint density at radius 1 is 1.32 bits per heavy atom. The molecule has 0 bridgehead atoms. The molecule has 19 heavy (non-hydrogen) atoms. The number of nitrogens with two attached hydrogens (primary N) is 1. The third kappa shape index (κ3) is 4.30. The molecule has 3 N–H and O–H groups in total. The van der Waals surface area contributed by atoms with Crippen molar-refractivity contribution in [2.75, 3.05) is 20.1 Å². The Hall–Kier alpha value is -1.44. The number of hydrogen-bond acceptors (Lipinski definition) is 4. The van der Waals surface area contributed by atoms with Gasteiger partial charge in [0.2, 0.25) is 15.9 Å². The maximum Gasteiger partial charge on any atom is 0.242 e. The minimum Gasteiger partial charge on any atom is -0.352 e. The molecule has 1 aromatic rings. The fourth-order valence-electron chi connectivity index (χ4n) is 1.49. The van der Waals surface area contributed by atoms with Crippen LogP contribution in [0, 0.1) is 0 Å². The highest BCUT2D eigenvalue weighted by atomic mass is 32.2. The van der Waals surface area contributed by atoms with Crippen molar-refractivity contribution in [1.82, 2.24) is 9.62 Å². The SMILES string of the molecule is CC(=O)NCc1ccc(S(=O)(=O)N(C)CCN)cc1. The first-order valence-corrected chi connectivity index (χ1v) is 7.31. The maximum absolute atomic E-state index is 12.1. The van der Waals surface area contributed by atoms with E-state index in [2.05, 4.69) is 5.32 Å². The zero-order valence-electron chi connectivity index (χ0n) is 11.1. The second kappa shape index (κ2) is 6.65. The van der Waals surface area contributed by atoms with Gasteiger partial charge in [-0.15, -0.1) is 0 Å². The van der Waals surface area contributed by atoms with Gasteiger partial charge in [0, 0.05) is 33.6 Å². The minimum absolute atomic E-state index is 0.126. The van der Waals surface area contributed by atoms with Crippen molar-refractivity contribution in [2.24, 2.45) is 5.73 Å². The predicted octanol–water partition coefficient (Wildman–Crippen LogP) is -0.0981. The third-order valence-electron chi connectivity index (χ3n) is 2.62. The lowest BCUT2D eigenvalue weighted by atomic mass is 10.2. The molecule has 0 aromatic heterocycles. The summed E-state index contributed by atoms with van der Waals surface area (Å²) >= 11 is 0. The molecular weight excluding hydrogens is 266 g/mol. The van der Waals surface area contributed by atoms with Gasteiger partial charge in [-0.3, -0.25) is 4.79 Å². The molecule has 0 radical (unpaired) electrons. The van der Waals surface area contributed by atoms with Gasteiger partial charge in [-0.25, -0.2) is 8.42 Å². The van der Waals surface area contributed by atoms with Crippen molar-refractivity contribution in [2.45, 2.75) is 18.4 Å². The second-order valence-corrected chi connectivity index (χ2v) is 6.21. The van der Waals surface area contributed by atoms with E-state index in [0.717, 1.165) is 5.56 Å². The van der Waals surface area contributed by atoms with Gasteiger partial charge in [0.25, 0.3) is 0 Å². The van der Waals surface area contributed by atoms with Crippen molar-refractivity contribution in [3.8, 4) is 0 Å². The quantitative estimate of drug-likeness (QED) is 0.763. The van der Waals surface area contributed by atoms with Crippen LogP contribution >= 0.6 is 0 Å². The smallest absolute Gasteiger partial charge is 0.242 e. The molecule has 0 saturated heterocycles. The first-order chi connectivity index (χ1) is 8.87. The number of nitrogens with zero attached hydrogens (tertiary/aromatic N) is 1. The number of hydrogen-bond donors (Lipinski definition) is 2. The molecule has 0 saturated carbocycles. The van der Waals surface area contributed by atoms with E-state index < -0.39 is 10.0 Å². The highest BCUT2D eigenvalue weighted by Crippen LogP contribution is 2.14. The van der Waals surface area contributed by atoms with E-state index in [4.69, 9.17) is 5.73 Å². The van der Waals surface area contributed by atoms with E-state index in [1.54, 1.807) is 12.1 Å². The van der Waals surface area contributed by atoms with E-state index >= 15 is 0 Å². The Bertz CT molecular complexity index is 526. The summed E-state index contributed by atoms with van der Waals surface area (Å²) in [5.74, 6) is -0.126. The van der Waals surface area contributed by atoms with Crippen LogP contribution in [0.1, 0.15) is 12.5 Å². The zero-order valence-corrected chi connectivity index (χ0v) is 11.9. The normalized spacial score (nSPS) is 11.6. The number of likely N-dealkylation sites (N-methyl/N-ethyl adjacent to an activating group) is 1. The van der Waals surface area contributed by atoms with Gasteiger partial charge >= 0.3 is 0 Å². The van der Waals surface area contributed by atoms with Crippen molar-refractivity contribution in [1.29, 1.82) is 0 Å². The topological polar surface area (TPSA) is 92.5 Å². The van der Waals surface area contributed by atoms with Crippen LogP contribution in [0.25, 0.3) is 0 Å². The Morgan fingerprint density at radius 3 is 2.37 bits per heavy atom. The molecular formula is C12H19N3O3S. The minimum atomic E-state index is -3.48. The summed E-state index contributed by atoms with van der Waals surface area (Å²) in [5, 5.41) is 2.65. The molecule has 7 heteroatoms. The van der Waals surface area contributed by atoms with Crippen LogP contribution in [0.3, 0.4) is 0 Å². The Morgan fingerprint density at radius 2 is 1.89 bits per heavy atom. The van der Waals surface area contributed by atoms with Gasteiger partial charge in [0.15, 0.2) is 0 Å². The molecule has 0 spiro atoms. The summed E-state index contributed by atoms with van der Waals surface area (Å²) in [7, 11) is -1.99. The fraction of sp³-hybridized carbons (Fsp3) is 0.417. The molecule has 106 valence electrons. The lowest BCUT2D eigenvalue weighted by Gasteiger charge is -2.16. The summed E-state index contributed by atoms with van der Waals surface area (Å²) in [6.45, 7) is 2.36. The number of nitrogens with one attached hydrogen (secondary N) is 1. The van der Waals surface area contributed by atoms with Gasteiger partial charge in [0.05, 0.1) is 4.90 Å². The molecule has 0 aliphatic carbocycles. The molecule has 0 heterocycles. The Balaban J connectivity index is 2.83. The van der Waals surface area contributed by atoms with Crippen molar-refractivity contribution >= 4 is 15.9 Å². The number of sulfonamides is 1. The van der Waals surface area contributed by atoms with Crippen LogP contribution in [0.15, 0.2) is 29.2 Å². The number of benzene rings is 1. The summed E-state index contributed by atoms with van der Waals surface area (Å²) < 4.78 is 25.4. The largest absolute Gasteiger partial charge is 0.352 e. The monoisotopic (exact) mass is 285 g/mol. The van der Waals surface area contributed by atoms with Crippen LogP contribution in [0.4, 0.5) is 0 Å². The number of carbonyl (C=O) groups excluding carboxylic acids is 1. The van der Waals surface area contributed by atoms with Gasteiger partial charge in [-0.1, -0.05) is 12.1 Å². The van der Waals surface area contributed by atoms with Crippen molar-refractivity contribution in [3.63, 3.8) is 0 Å². The molecule has 0 unspecified atom stereocenters. The molecule has 0 aliphatic rings. The van der Waals surface area contributed by atoms with Crippen LogP contribution in [0.5, 0.6) is 0 Å². The van der Waals surface area contributed by atoms with Crippen LogP contribution in [0.2, 0.25) is 0 Å². The maximum atomic E-state index is 12.1. The molecule has 1 aromatic carbocycles. The first kappa shape index (κ1) is 15.6. The van der Waals surface area contributed by atoms with Gasteiger partial charge in [0.1, 0.15) is 0 Å². The number of amides is 1. The Labute approximate surface area is 113 Å². The van der Waals surface area contributed by atoms with Gasteiger partial charge < -0.3 is 11.1 Å². The summed E-state index contributed by atoms with van der Waals surface area (Å²) in [6.07, 6.45) is 0. The lowest BCUT2D eigenvalue weighted by molar-refractivity contribution is -0.119. The van der Waals surface area contributed by atoms with Gasteiger partial charge in [-0.05, 0) is 17.7 Å². The summed E-state index contributed by atoms with van der Waals surface area (Å²) in [4.78, 5) is 11.0. The zero-order chi connectivity index (χ0) is 14.5. The predicted molar refractivity (Wildman–Crippen MR) is 72.8 cm³/mol. The fourth-order valence-corrected chi connectivity index (χ4v) is 2.67. The summed E-state index contributed by atoms with van der Waals surface area (Å²) in [5.41, 5.74) is 6.19. The van der Waals surface area contributed by atoms with Crippen molar-refractivity contribution < 1.29 is 13.2 Å². The van der Waals surface area contributed by atoms with Crippen LogP contribution < -0.4 is 11.1 Å². The lowest BCUT2D eigenvalue weighted by Crippen LogP contribution is -2.31. The molecule has 0 fully saturated rings. The summed E-state index contributed by atoms with van der Waals surface area (Å²) in [6, 6.07) is 6.41.